The van der Waals surface area contributed by atoms with Crippen molar-refractivity contribution in [3.63, 3.8) is 0 Å². The Bertz CT molecular complexity index is 1410. The van der Waals surface area contributed by atoms with E-state index in [0.717, 1.165) is 33.8 Å². The first kappa shape index (κ1) is 27.2. The number of nitrogens with zero attached hydrogens (tertiary/aromatic N) is 6. The van der Waals surface area contributed by atoms with E-state index in [1.54, 1.807) is 0 Å². The van der Waals surface area contributed by atoms with E-state index in [0.29, 0.717) is 6.29 Å². The van der Waals surface area contributed by atoms with Gasteiger partial charge in [-0.25, -0.2) is 12.2 Å². The smallest absolute Gasteiger partial charge is 0.293 e. The van der Waals surface area contributed by atoms with Crippen molar-refractivity contribution < 1.29 is 17.1 Å². The van der Waals surface area contributed by atoms with Crippen LogP contribution in [0.2, 0.25) is 0 Å². The van der Waals surface area contributed by atoms with Gasteiger partial charge in [-0.3, -0.25) is 20.6 Å². The minimum Gasteiger partial charge on any atom is -0.293 e. The van der Waals surface area contributed by atoms with Crippen LogP contribution in [0.4, 0.5) is 0 Å². The van der Waals surface area contributed by atoms with Crippen molar-refractivity contribution in [3.05, 3.63) is 159 Å². The van der Waals surface area contributed by atoms with E-state index in [1.165, 1.54) is 12.2 Å². The molecule has 0 aliphatic carbocycles. The fourth-order valence-corrected chi connectivity index (χ4v) is 3.91. The van der Waals surface area contributed by atoms with Crippen molar-refractivity contribution in [2.45, 2.75) is 0 Å². The summed E-state index contributed by atoms with van der Waals surface area (Å²) in [4.78, 5) is 0. The summed E-state index contributed by atoms with van der Waals surface area (Å²) < 4.78 is 5.43. The third-order valence-electron chi connectivity index (χ3n) is 5.73. The quantitative estimate of drug-likeness (QED) is 0.125. The number of benzene rings is 3. The van der Waals surface area contributed by atoms with Crippen LogP contribution in [0.1, 0.15) is 0 Å². The predicted molar refractivity (Wildman–Crippen MR) is 151 cm³/mol. The first-order valence-electron chi connectivity index (χ1n) is 12.1. The summed E-state index contributed by atoms with van der Waals surface area (Å²) in [6, 6.07) is 36.4. The van der Waals surface area contributed by atoms with Crippen LogP contribution < -0.4 is 0 Å². The second-order valence-electron chi connectivity index (χ2n) is 8.26. The van der Waals surface area contributed by atoms with Gasteiger partial charge in [0.15, 0.2) is 6.29 Å². The first-order valence-corrected chi connectivity index (χ1v) is 12.1. The van der Waals surface area contributed by atoms with Gasteiger partial charge in [0, 0.05) is 16.7 Å². The van der Waals surface area contributed by atoms with Gasteiger partial charge in [0.2, 0.25) is 0 Å². The number of aromatic nitrogens is 6. The Balaban J connectivity index is 0.000000662. The van der Waals surface area contributed by atoms with Gasteiger partial charge in [-0.05, 0) is 18.6 Å². The van der Waals surface area contributed by atoms with Gasteiger partial charge < -0.3 is 0 Å². The summed E-state index contributed by atoms with van der Waals surface area (Å²) in [5, 5.41) is 14.6. The maximum atomic E-state index is 4.86. The topological polar surface area (TPSA) is 53.5 Å². The number of hydrogen-bond acceptors (Lipinski definition) is 3. The molecule has 0 atom stereocenters. The summed E-state index contributed by atoms with van der Waals surface area (Å²) in [5.74, 6) is 0. The molecule has 7 heteroatoms. The molecule has 3 aromatic heterocycles. The maximum absolute atomic E-state index is 4.86. The van der Waals surface area contributed by atoms with Crippen LogP contribution in [-0.2, 0) is 17.1 Å². The van der Waals surface area contributed by atoms with Crippen molar-refractivity contribution in [2.24, 2.45) is 0 Å². The third-order valence-corrected chi connectivity index (χ3v) is 5.73. The maximum Gasteiger partial charge on any atom is 2.00 e. The van der Waals surface area contributed by atoms with E-state index >= 15 is 0 Å². The van der Waals surface area contributed by atoms with Crippen LogP contribution in [0.5, 0.6) is 0 Å². The largest absolute Gasteiger partial charge is 2.00 e. The molecule has 6 nitrogen and oxygen atoms in total. The summed E-state index contributed by atoms with van der Waals surface area (Å²) in [7, 11) is 0. The molecule has 0 amide bonds. The summed E-state index contributed by atoms with van der Waals surface area (Å²) in [6.07, 6.45) is 9.41. The molecule has 0 aliphatic heterocycles. The summed E-state index contributed by atoms with van der Waals surface area (Å²) >= 11 is 0. The van der Waals surface area contributed by atoms with Crippen molar-refractivity contribution in [1.82, 2.24) is 29.3 Å². The second kappa shape index (κ2) is 13.1. The Labute approximate surface area is 239 Å². The molecule has 6 rings (SSSR count). The molecule has 0 bridgehead atoms. The Kier molecular flexibility index (Phi) is 9.14. The molecule has 0 aliphatic rings. The molecule has 0 fully saturated rings. The first-order chi connectivity index (χ1) is 18.8. The van der Waals surface area contributed by atoms with E-state index in [1.807, 2.05) is 105 Å². The molecule has 0 saturated heterocycles. The van der Waals surface area contributed by atoms with Gasteiger partial charge in [0.05, 0.1) is 17.1 Å². The molecule has 3 heterocycles. The standard InChI is InChI=1S/C28H21N6.C4H5.Mn/c1-4-10-22(11-5-1)25-16-19-32(29-25)28(33-20-17-26(30-33)23-12-6-2-7-13-23)34-21-18-27(31-34)24-14-8-3-9-15-24;1-3-4-2;/h1-21H;1,3-4H,2H2;/q2*-1;+2. The zero-order valence-electron chi connectivity index (χ0n) is 21.1. The van der Waals surface area contributed by atoms with Crippen molar-refractivity contribution in [2.75, 3.05) is 0 Å². The number of hydrogen-bond donors (Lipinski definition) is 0. The van der Waals surface area contributed by atoms with Gasteiger partial charge in [0.1, 0.15) is 0 Å². The Morgan fingerprint density at radius 3 is 1.08 bits per heavy atom. The van der Waals surface area contributed by atoms with Crippen molar-refractivity contribution in [3.8, 4) is 33.8 Å². The second-order valence-corrected chi connectivity index (χ2v) is 8.26. The van der Waals surface area contributed by atoms with Crippen molar-refractivity contribution >= 4 is 0 Å². The Morgan fingerprint density at radius 1 is 0.538 bits per heavy atom. The molecule has 39 heavy (non-hydrogen) atoms. The Hall–Kier alpha value is -4.84. The molecular formula is C32H26MnN6. The van der Waals surface area contributed by atoms with Gasteiger partial charge in [-0.15, -0.1) is 0 Å². The molecular weight excluding hydrogens is 523 g/mol. The zero-order valence-corrected chi connectivity index (χ0v) is 22.3. The van der Waals surface area contributed by atoms with Crippen LogP contribution in [0.3, 0.4) is 0 Å². The third kappa shape index (κ3) is 6.36. The van der Waals surface area contributed by atoms with Crippen molar-refractivity contribution in [1.29, 1.82) is 0 Å². The van der Waals surface area contributed by atoms with Crippen LogP contribution in [0.15, 0.2) is 147 Å². The summed E-state index contributed by atoms with van der Waals surface area (Å²) in [6.45, 7) is 8.08. The van der Waals surface area contributed by atoms with E-state index in [-0.39, 0.29) is 17.1 Å². The van der Waals surface area contributed by atoms with E-state index in [4.69, 9.17) is 21.9 Å². The normalized spacial score (nSPS) is 10.1. The summed E-state index contributed by atoms with van der Waals surface area (Å²) in [5.41, 5.74) is 5.79. The van der Waals surface area contributed by atoms with E-state index in [2.05, 4.69) is 43.0 Å². The van der Waals surface area contributed by atoms with Gasteiger partial charge in [-0.1, -0.05) is 109 Å². The molecule has 191 valence electrons. The monoisotopic (exact) mass is 549 g/mol. The van der Waals surface area contributed by atoms with Crippen LogP contribution >= 0.6 is 0 Å². The predicted octanol–water partition coefficient (Wildman–Crippen LogP) is 6.83. The fraction of sp³-hybridized carbons (Fsp3) is 0. The fourth-order valence-electron chi connectivity index (χ4n) is 3.91. The van der Waals surface area contributed by atoms with Crippen LogP contribution in [0, 0.1) is 12.9 Å². The van der Waals surface area contributed by atoms with Gasteiger partial charge in [-0.2, -0.15) is 21.9 Å². The molecule has 1 radical (unpaired) electrons. The molecule has 0 unspecified atom stereocenters. The van der Waals surface area contributed by atoms with Gasteiger partial charge >= 0.3 is 17.1 Å². The molecule has 0 spiro atoms. The molecule has 0 saturated carbocycles. The average molecular weight is 550 g/mol. The Morgan fingerprint density at radius 2 is 0.821 bits per heavy atom. The minimum absolute atomic E-state index is 0. The SMILES string of the molecule is [CH-]=CC=C.[Mn+2].c1ccc(-c2ccn([C-](n3ccc(-c4ccccc4)n3)n3ccc(-c4ccccc4)n3)n2)cc1. The molecule has 6 aromatic rings. The van der Waals surface area contributed by atoms with E-state index < -0.39 is 0 Å². The van der Waals surface area contributed by atoms with Gasteiger partial charge in [0.25, 0.3) is 0 Å². The number of rotatable bonds is 7. The minimum atomic E-state index is 0. The molecule has 0 N–H and O–H groups in total. The zero-order chi connectivity index (χ0) is 26.2. The average Bonchev–Trinajstić information content (AvgIpc) is 3.77. The van der Waals surface area contributed by atoms with Crippen LogP contribution in [0.25, 0.3) is 33.8 Å². The van der Waals surface area contributed by atoms with Crippen LogP contribution in [-0.4, -0.2) is 29.3 Å². The van der Waals surface area contributed by atoms with E-state index in [9.17, 15) is 0 Å². The molecule has 3 aromatic carbocycles. The number of allylic oxidation sites excluding steroid dienone is 2.